The van der Waals surface area contributed by atoms with Crippen LogP contribution in [0.25, 0.3) is 10.9 Å². The highest BCUT2D eigenvalue weighted by molar-refractivity contribution is 7.89. The number of fused-ring (bicyclic) bond motifs is 1. The number of benzene rings is 2. The van der Waals surface area contributed by atoms with E-state index in [0.29, 0.717) is 21.7 Å². The summed E-state index contributed by atoms with van der Waals surface area (Å²) in [6.45, 7) is 1.42. The number of nitrogens with two attached hydrogens (primary N) is 1. The predicted octanol–water partition coefficient (Wildman–Crippen LogP) is 2.72. The van der Waals surface area contributed by atoms with Crippen LogP contribution in [0.2, 0.25) is 5.15 Å². The van der Waals surface area contributed by atoms with Crippen LogP contribution in [-0.4, -0.2) is 31.4 Å². The van der Waals surface area contributed by atoms with Crippen molar-refractivity contribution in [2.75, 3.05) is 5.32 Å². The first-order chi connectivity index (χ1) is 13.6. The Balaban J connectivity index is 1.66. The zero-order valence-electron chi connectivity index (χ0n) is 15.1. The third-order valence-corrected chi connectivity index (χ3v) is 5.13. The Morgan fingerprint density at radius 1 is 1.10 bits per heavy atom. The van der Waals surface area contributed by atoms with E-state index in [1.54, 1.807) is 24.3 Å². The molecule has 0 bridgehead atoms. The molecule has 0 aliphatic carbocycles. The van der Waals surface area contributed by atoms with Crippen molar-refractivity contribution in [3.8, 4) is 0 Å². The van der Waals surface area contributed by atoms with Crippen molar-refractivity contribution in [3.05, 3.63) is 65.3 Å². The number of nitrogens with zero attached hydrogens (tertiary/aromatic N) is 1. The van der Waals surface area contributed by atoms with Crippen molar-refractivity contribution >= 4 is 50.1 Å². The number of aromatic nitrogens is 1. The summed E-state index contributed by atoms with van der Waals surface area (Å²) in [6, 6.07) is 13.4. The molecule has 0 saturated carbocycles. The molecule has 0 aliphatic heterocycles. The smallest absolute Gasteiger partial charge is 0.338 e. The Morgan fingerprint density at radius 2 is 1.79 bits per heavy atom. The molecule has 1 atom stereocenters. The number of hydrogen-bond donors (Lipinski definition) is 2. The number of anilines is 1. The molecular weight excluding hydrogens is 418 g/mol. The molecule has 2 aromatic carbocycles. The van der Waals surface area contributed by atoms with E-state index in [1.807, 2.05) is 0 Å². The maximum Gasteiger partial charge on any atom is 0.338 e. The molecule has 10 heteroatoms. The van der Waals surface area contributed by atoms with E-state index in [4.69, 9.17) is 21.5 Å². The first kappa shape index (κ1) is 20.7. The maximum absolute atomic E-state index is 12.3. The molecule has 1 aromatic heterocycles. The summed E-state index contributed by atoms with van der Waals surface area (Å²) in [4.78, 5) is 28.7. The second-order valence-electron chi connectivity index (χ2n) is 6.15. The minimum absolute atomic E-state index is 0.0814. The van der Waals surface area contributed by atoms with Crippen molar-refractivity contribution in [3.63, 3.8) is 0 Å². The Bertz CT molecular complexity index is 1200. The Hall–Kier alpha value is -3.01. The molecule has 3 aromatic rings. The van der Waals surface area contributed by atoms with Gasteiger partial charge in [0.05, 0.1) is 16.0 Å². The highest BCUT2D eigenvalue weighted by atomic mass is 35.5. The standard InChI is InChI=1S/C19H16ClN3O5S/c1-11(18(24)22-14-4-6-15(7-5-14)29(21,26)27)28-19(25)13-2-8-16-12(10-13)3-9-17(20)23-16/h2-11H,1H3,(H,22,24)(H2,21,26,27). The second kappa shape index (κ2) is 8.16. The number of ether oxygens (including phenoxy) is 1. The van der Waals surface area contributed by atoms with Crippen LogP contribution >= 0.6 is 11.6 Å². The van der Waals surface area contributed by atoms with E-state index in [-0.39, 0.29) is 10.5 Å². The zero-order valence-corrected chi connectivity index (χ0v) is 16.7. The van der Waals surface area contributed by atoms with Gasteiger partial charge in [-0.2, -0.15) is 0 Å². The molecule has 0 radical (unpaired) electrons. The number of primary sulfonamides is 1. The largest absolute Gasteiger partial charge is 0.449 e. The number of sulfonamides is 1. The highest BCUT2D eigenvalue weighted by Gasteiger charge is 2.19. The normalized spacial score (nSPS) is 12.4. The van der Waals surface area contributed by atoms with E-state index >= 15 is 0 Å². The van der Waals surface area contributed by atoms with Gasteiger partial charge in [-0.05, 0) is 61.5 Å². The van der Waals surface area contributed by atoms with Crippen LogP contribution in [0.3, 0.4) is 0 Å². The van der Waals surface area contributed by atoms with Crippen molar-refractivity contribution in [1.82, 2.24) is 4.98 Å². The lowest BCUT2D eigenvalue weighted by molar-refractivity contribution is -0.123. The quantitative estimate of drug-likeness (QED) is 0.470. The van der Waals surface area contributed by atoms with Crippen molar-refractivity contribution in [1.29, 1.82) is 0 Å². The van der Waals surface area contributed by atoms with Crippen LogP contribution in [-0.2, 0) is 19.6 Å². The monoisotopic (exact) mass is 433 g/mol. The molecule has 0 spiro atoms. The molecule has 150 valence electrons. The highest BCUT2D eigenvalue weighted by Crippen LogP contribution is 2.18. The minimum atomic E-state index is -3.82. The number of pyridine rings is 1. The van der Waals surface area contributed by atoms with Crippen LogP contribution in [0, 0.1) is 0 Å². The lowest BCUT2D eigenvalue weighted by Crippen LogP contribution is -2.30. The van der Waals surface area contributed by atoms with Gasteiger partial charge in [-0.1, -0.05) is 11.6 Å². The number of hydrogen-bond acceptors (Lipinski definition) is 6. The number of rotatable bonds is 5. The number of carbonyl (C=O) groups is 2. The number of halogens is 1. The topological polar surface area (TPSA) is 128 Å². The van der Waals surface area contributed by atoms with Crippen molar-refractivity contribution in [2.24, 2.45) is 5.14 Å². The molecule has 1 amide bonds. The van der Waals surface area contributed by atoms with Gasteiger partial charge in [0.25, 0.3) is 5.91 Å². The number of nitrogens with one attached hydrogen (secondary N) is 1. The molecule has 8 nitrogen and oxygen atoms in total. The Morgan fingerprint density at radius 3 is 2.45 bits per heavy atom. The molecule has 0 saturated heterocycles. The molecule has 1 unspecified atom stereocenters. The van der Waals surface area contributed by atoms with E-state index in [0.717, 1.165) is 0 Å². The lowest BCUT2D eigenvalue weighted by Gasteiger charge is -2.14. The maximum atomic E-state index is 12.3. The Labute approximate surface area is 171 Å². The van der Waals surface area contributed by atoms with Crippen molar-refractivity contribution < 1.29 is 22.7 Å². The lowest BCUT2D eigenvalue weighted by atomic mass is 10.1. The molecule has 29 heavy (non-hydrogen) atoms. The van der Waals surface area contributed by atoms with Gasteiger partial charge in [-0.25, -0.2) is 23.3 Å². The van der Waals surface area contributed by atoms with Gasteiger partial charge >= 0.3 is 5.97 Å². The molecular formula is C19H16ClN3O5S. The van der Waals surface area contributed by atoms with Crippen LogP contribution in [0.1, 0.15) is 17.3 Å². The summed E-state index contributed by atoms with van der Waals surface area (Å²) in [5, 5.41) is 8.61. The SMILES string of the molecule is CC(OC(=O)c1ccc2nc(Cl)ccc2c1)C(=O)Nc1ccc(S(N)(=O)=O)cc1. The van der Waals surface area contributed by atoms with Gasteiger partial charge in [0.1, 0.15) is 5.15 Å². The summed E-state index contributed by atoms with van der Waals surface area (Å²) >= 11 is 5.84. The van der Waals surface area contributed by atoms with Crippen LogP contribution in [0.5, 0.6) is 0 Å². The minimum Gasteiger partial charge on any atom is -0.449 e. The number of amides is 1. The average molecular weight is 434 g/mol. The molecule has 0 aliphatic rings. The summed E-state index contributed by atoms with van der Waals surface area (Å²) in [5.74, 6) is -1.25. The fraction of sp³-hybridized carbons (Fsp3) is 0.105. The van der Waals surface area contributed by atoms with Gasteiger partial charge in [0.2, 0.25) is 10.0 Å². The van der Waals surface area contributed by atoms with Crippen LogP contribution in [0.4, 0.5) is 5.69 Å². The summed E-state index contributed by atoms with van der Waals surface area (Å²) < 4.78 is 27.7. The second-order valence-corrected chi connectivity index (χ2v) is 8.10. The Kier molecular flexibility index (Phi) is 5.83. The van der Waals surface area contributed by atoms with Crippen molar-refractivity contribution in [2.45, 2.75) is 17.9 Å². The summed E-state index contributed by atoms with van der Waals surface area (Å²) in [7, 11) is -3.82. The first-order valence-corrected chi connectivity index (χ1v) is 10.3. The molecule has 0 fully saturated rings. The number of esters is 1. The van der Waals surface area contributed by atoms with Gasteiger partial charge in [0, 0.05) is 11.1 Å². The first-order valence-electron chi connectivity index (χ1n) is 8.34. The van der Waals surface area contributed by atoms with Gasteiger partial charge in [-0.3, -0.25) is 4.79 Å². The summed E-state index contributed by atoms with van der Waals surface area (Å²) in [6.07, 6.45) is -1.08. The fourth-order valence-electron chi connectivity index (χ4n) is 2.48. The third-order valence-electron chi connectivity index (χ3n) is 3.99. The van der Waals surface area contributed by atoms with Gasteiger partial charge < -0.3 is 10.1 Å². The van der Waals surface area contributed by atoms with E-state index in [9.17, 15) is 18.0 Å². The summed E-state index contributed by atoms with van der Waals surface area (Å²) in [5.41, 5.74) is 1.22. The molecule has 3 N–H and O–H groups in total. The van der Waals surface area contributed by atoms with E-state index in [1.165, 1.54) is 37.3 Å². The average Bonchev–Trinajstić information content (AvgIpc) is 2.67. The number of carbonyl (C=O) groups excluding carboxylic acids is 2. The predicted molar refractivity (Wildman–Crippen MR) is 108 cm³/mol. The zero-order chi connectivity index (χ0) is 21.2. The van der Waals surface area contributed by atoms with Gasteiger partial charge in [0.15, 0.2) is 6.10 Å². The third kappa shape index (κ3) is 5.08. The van der Waals surface area contributed by atoms with E-state index in [2.05, 4.69) is 10.3 Å². The van der Waals surface area contributed by atoms with Crippen LogP contribution < -0.4 is 10.5 Å². The fourth-order valence-corrected chi connectivity index (χ4v) is 3.15. The van der Waals surface area contributed by atoms with Crippen LogP contribution in [0.15, 0.2) is 59.5 Å². The van der Waals surface area contributed by atoms with Gasteiger partial charge in [-0.15, -0.1) is 0 Å². The molecule has 1 heterocycles. The van der Waals surface area contributed by atoms with E-state index < -0.39 is 28.0 Å². The molecule has 3 rings (SSSR count).